The molecule has 1 amide bonds. The van der Waals surface area contributed by atoms with E-state index in [9.17, 15) is 4.79 Å². The van der Waals surface area contributed by atoms with Gasteiger partial charge in [0.15, 0.2) is 0 Å². The Bertz CT molecular complexity index is 900. The zero-order chi connectivity index (χ0) is 17.6. The van der Waals surface area contributed by atoms with E-state index in [2.05, 4.69) is 11.4 Å². The topological polar surface area (TPSA) is 38.3 Å². The number of fused-ring (bicyclic) bond motifs is 1. The van der Waals surface area contributed by atoms with Crippen LogP contribution in [0.5, 0.6) is 5.75 Å². The molecular formula is C22H21NO2. The van der Waals surface area contributed by atoms with Crippen LogP contribution in [0, 0.1) is 0 Å². The first-order valence-corrected chi connectivity index (χ1v) is 8.27. The SMILES string of the molecule is COc1ccc2cc(/C=C/C(=O)N[C@H](C)c3ccccc3)ccc2c1. The van der Waals surface area contributed by atoms with Crippen molar-refractivity contribution in [2.24, 2.45) is 0 Å². The molecule has 3 nitrogen and oxygen atoms in total. The fourth-order valence-electron chi connectivity index (χ4n) is 2.73. The van der Waals surface area contributed by atoms with E-state index in [0.717, 1.165) is 27.6 Å². The van der Waals surface area contributed by atoms with E-state index >= 15 is 0 Å². The highest BCUT2D eigenvalue weighted by atomic mass is 16.5. The van der Waals surface area contributed by atoms with Gasteiger partial charge in [-0.1, -0.05) is 48.5 Å². The quantitative estimate of drug-likeness (QED) is 0.686. The average molecular weight is 331 g/mol. The maximum Gasteiger partial charge on any atom is 0.244 e. The predicted molar refractivity (Wildman–Crippen MR) is 103 cm³/mol. The van der Waals surface area contributed by atoms with Gasteiger partial charge in [-0.3, -0.25) is 4.79 Å². The lowest BCUT2D eigenvalue weighted by Gasteiger charge is -2.12. The molecule has 0 aliphatic heterocycles. The fraction of sp³-hybridized carbons (Fsp3) is 0.136. The van der Waals surface area contributed by atoms with Crippen molar-refractivity contribution in [1.29, 1.82) is 0 Å². The number of hydrogen-bond donors (Lipinski definition) is 1. The molecule has 126 valence electrons. The molecule has 0 aliphatic carbocycles. The van der Waals surface area contributed by atoms with E-state index in [1.165, 1.54) is 0 Å². The number of methoxy groups -OCH3 is 1. The largest absolute Gasteiger partial charge is 0.497 e. The van der Waals surface area contributed by atoms with Crippen LogP contribution in [-0.4, -0.2) is 13.0 Å². The van der Waals surface area contributed by atoms with E-state index in [0.29, 0.717) is 0 Å². The molecule has 3 rings (SSSR count). The molecule has 0 fully saturated rings. The van der Waals surface area contributed by atoms with Gasteiger partial charge in [0.05, 0.1) is 13.2 Å². The van der Waals surface area contributed by atoms with Crippen LogP contribution in [-0.2, 0) is 4.79 Å². The van der Waals surface area contributed by atoms with Gasteiger partial charge in [0.25, 0.3) is 0 Å². The molecule has 0 saturated carbocycles. The van der Waals surface area contributed by atoms with Gasteiger partial charge in [0, 0.05) is 6.08 Å². The highest BCUT2D eigenvalue weighted by Gasteiger charge is 2.06. The summed E-state index contributed by atoms with van der Waals surface area (Å²) in [6.45, 7) is 1.98. The highest BCUT2D eigenvalue weighted by Crippen LogP contribution is 2.22. The number of ether oxygens (including phenoxy) is 1. The Hall–Kier alpha value is -3.07. The molecule has 0 spiro atoms. The summed E-state index contributed by atoms with van der Waals surface area (Å²) in [4.78, 5) is 12.1. The molecule has 1 atom stereocenters. The lowest BCUT2D eigenvalue weighted by Crippen LogP contribution is -2.24. The summed E-state index contributed by atoms with van der Waals surface area (Å²) in [6.07, 6.45) is 3.40. The lowest BCUT2D eigenvalue weighted by molar-refractivity contribution is -0.117. The van der Waals surface area contributed by atoms with Crippen LogP contribution in [0.2, 0.25) is 0 Å². The van der Waals surface area contributed by atoms with Crippen molar-refractivity contribution >= 4 is 22.8 Å². The van der Waals surface area contributed by atoms with Crippen LogP contribution >= 0.6 is 0 Å². The first kappa shape index (κ1) is 16.8. The van der Waals surface area contributed by atoms with E-state index in [4.69, 9.17) is 4.74 Å². The summed E-state index contributed by atoms with van der Waals surface area (Å²) in [6, 6.07) is 21.9. The van der Waals surface area contributed by atoms with Crippen LogP contribution in [0.15, 0.2) is 72.8 Å². The summed E-state index contributed by atoms with van der Waals surface area (Å²) >= 11 is 0. The molecule has 0 bridgehead atoms. The van der Waals surface area contributed by atoms with E-state index in [-0.39, 0.29) is 11.9 Å². The van der Waals surface area contributed by atoms with Gasteiger partial charge in [-0.25, -0.2) is 0 Å². The number of amides is 1. The Kier molecular flexibility index (Phi) is 5.14. The molecule has 0 unspecified atom stereocenters. The van der Waals surface area contributed by atoms with Gasteiger partial charge in [-0.05, 0) is 53.1 Å². The Morgan fingerprint density at radius 3 is 2.48 bits per heavy atom. The molecule has 0 radical (unpaired) electrons. The van der Waals surface area contributed by atoms with Crippen LogP contribution < -0.4 is 10.1 Å². The maximum absolute atomic E-state index is 12.1. The van der Waals surface area contributed by atoms with Crippen molar-refractivity contribution in [3.63, 3.8) is 0 Å². The summed E-state index contributed by atoms with van der Waals surface area (Å²) in [5, 5.41) is 5.20. The Morgan fingerprint density at radius 1 is 1.00 bits per heavy atom. The summed E-state index contributed by atoms with van der Waals surface area (Å²) in [7, 11) is 1.66. The molecule has 0 heterocycles. The lowest BCUT2D eigenvalue weighted by atomic mass is 10.1. The number of benzene rings is 3. The summed E-state index contributed by atoms with van der Waals surface area (Å²) in [5.41, 5.74) is 2.07. The van der Waals surface area contributed by atoms with Crippen molar-refractivity contribution in [2.75, 3.05) is 7.11 Å². The predicted octanol–water partition coefficient (Wildman–Crippen LogP) is 4.74. The molecular weight excluding hydrogens is 310 g/mol. The van der Waals surface area contributed by atoms with E-state index in [1.807, 2.05) is 73.7 Å². The second-order valence-corrected chi connectivity index (χ2v) is 5.95. The molecule has 3 aromatic rings. The van der Waals surface area contributed by atoms with Crippen molar-refractivity contribution in [1.82, 2.24) is 5.32 Å². The second kappa shape index (κ2) is 7.67. The van der Waals surface area contributed by atoms with Crippen molar-refractivity contribution < 1.29 is 9.53 Å². The smallest absolute Gasteiger partial charge is 0.244 e. The van der Waals surface area contributed by atoms with Crippen LogP contribution in [0.3, 0.4) is 0 Å². The van der Waals surface area contributed by atoms with Crippen LogP contribution in [0.1, 0.15) is 24.1 Å². The Labute approximate surface area is 147 Å². The average Bonchev–Trinajstić information content (AvgIpc) is 2.66. The second-order valence-electron chi connectivity index (χ2n) is 5.95. The van der Waals surface area contributed by atoms with Gasteiger partial charge in [-0.15, -0.1) is 0 Å². The molecule has 3 aromatic carbocycles. The van der Waals surface area contributed by atoms with E-state index in [1.54, 1.807) is 13.2 Å². The molecule has 25 heavy (non-hydrogen) atoms. The van der Waals surface area contributed by atoms with Gasteiger partial charge in [0.1, 0.15) is 5.75 Å². The zero-order valence-electron chi connectivity index (χ0n) is 14.4. The highest BCUT2D eigenvalue weighted by molar-refractivity contribution is 5.93. The van der Waals surface area contributed by atoms with Crippen molar-refractivity contribution in [3.8, 4) is 5.75 Å². The number of carbonyl (C=O) groups excluding carboxylic acids is 1. The number of hydrogen-bond acceptors (Lipinski definition) is 2. The third-order valence-corrected chi connectivity index (χ3v) is 4.16. The van der Waals surface area contributed by atoms with Crippen LogP contribution in [0.25, 0.3) is 16.8 Å². The standard InChI is InChI=1S/C22H21NO2/c1-16(18-6-4-3-5-7-18)23-22(24)13-9-17-8-10-20-15-21(25-2)12-11-19(20)14-17/h3-16H,1-2H3,(H,23,24)/b13-9+/t16-/m1/s1. The minimum Gasteiger partial charge on any atom is -0.497 e. The minimum atomic E-state index is -0.105. The zero-order valence-corrected chi connectivity index (χ0v) is 14.4. The third kappa shape index (κ3) is 4.27. The van der Waals surface area contributed by atoms with Crippen molar-refractivity contribution in [3.05, 3.63) is 83.9 Å². The van der Waals surface area contributed by atoms with Gasteiger partial charge in [0.2, 0.25) is 5.91 Å². The molecule has 0 saturated heterocycles. The van der Waals surface area contributed by atoms with Gasteiger partial charge >= 0.3 is 0 Å². The number of carbonyl (C=O) groups is 1. The van der Waals surface area contributed by atoms with Gasteiger partial charge < -0.3 is 10.1 Å². The molecule has 1 N–H and O–H groups in total. The van der Waals surface area contributed by atoms with Crippen LogP contribution in [0.4, 0.5) is 0 Å². The number of nitrogens with one attached hydrogen (secondary N) is 1. The van der Waals surface area contributed by atoms with Crippen molar-refractivity contribution in [2.45, 2.75) is 13.0 Å². The third-order valence-electron chi connectivity index (χ3n) is 4.16. The Morgan fingerprint density at radius 2 is 1.72 bits per heavy atom. The molecule has 0 aromatic heterocycles. The first-order valence-electron chi connectivity index (χ1n) is 8.27. The number of rotatable bonds is 5. The monoisotopic (exact) mass is 331 g/mol. The first-order chi connectivity index (χ1) is 12.2. The molecule has 3 heteroatoms. The van der Waals surface area contributed by atoms with E-state index < -0.39 is 0 Å². The Balaban J connectivity index is 1.68. The molecule has 0 aliphatic rings. The maximum atomic E-state index is 12.1. The normalized spacial score (nSPS) is 12.2. The summed E-state index contributed by atoms with van der Waals surface area (Å²) in [5.74, 6) is 0.733. The van der Waals surface area contributed by atoms with Gasteiger partial charge in [-0.2, -0.15) is 0 Å². The fourth-order valence-corrected chi connectivity index (χ4v) is 2.73. The minimum absolute atomic E-state index is 0.0255. The summed E-state index contributed by atoms with van der Waals surface area (Å²) < 4.78 is 5.24.